The van der Waals surface area contributed by atoms with E-state index >= 15 is 0 Å². The second kappa shape index (κ2) is 13.4. The number of fused-ring (bicyclic) bond motifs is 1. The molecular formula is C28H23F9O8. The first kappa shape index (κ1) is 35.2. The molecule has 0 N–H and O–H groups in total. The Morgan fingerprint density at radius 2 is 1.42 bits per heavy atom. The van der Waals surface area contributed by atoms with Gasteiger partial charge in [-0.25, -0.2) is 19.1 Å². The van der Waals surface area contributed by atoms with Crippen molar-refractivity contribution in [3.63, 3.8) is 0 Å². The first-order chi connectivity index (χ1) is 20.7. The number of carbonyl (C=O) groups is 1. The number of alkyl halides is 9. The Bertz CT molecular complexity index is 1600. The van der Waals surface area contributed by atoms with Crippen molar-refractivity contribution < 1.29 is 72.4 Å². The van der Waals surface area contributed by atoms with Crippen LogP contribution in [-0.4, -0.2) is 44.8 Å². The third-order valence-corrected chi connectivity index (χ3v) is 5.70. The molecule has 1 heterocycles. The highest BCUT2D eigenvalue weighted by atomic mass is 19.4. The molecule has 0 aliphatic carbocycles. The van der Waals surface area contributed by atoms with Crippen molar-refractivity contribution in [3.8, 4) is 22.6 Å². The summed E-state index contributed by atoms with van der Waals surface area (Å²) >= 11 is 0. The van der Waals surface area contributed by atoms with Gasteiger partial charge in [-0.3, -0.25) is 0 Å². The fourth-order valence-corrected chi connectivity index (χ4v) is 3.63. The van der Waals surface area contributed by atoms with Gasteiger partial charge >= 0.3 is 36.3 Å². The minimum atomic E-state index is -5.48. The summed E-state index contributed by atoms with van der Waals surface area (Å²) in [4.78, 5) is 23.7. The molecule has 0 saturated carbocycles. The van der Waals surface area contributed by atoms with Gasteiger partial charge in [0.2, 0.25) is 0 Å². The zero-order valence-electron chi connectivity index (χ0n) is 23.2. The zero-order chi connectivity index (χ0) is 33.8. The van der Waals surface area contributed by atoms with Crippen molar-refractivity contribution in [1.29, 1.82) is 0 Å². The maximum absolute atomic E-state index is 14.0. The second-order valence-electron chi connectivity index (χ2n) is 9.26. The molecule has 246 valence electrons. The van der Waals surface area contributed by atoms with Crippen molar-refractivity contribution in [2.45, 2.75) is 44.5 Å². The third-order valence-electron chi connectivity index (χ3n) is 5.70. The summed E-state index contributed by atoms with van der Waals surface area (Å²) in [7, 11) is 1.16. The molecule has 45 heavy (non-hydrogen) atoms. The van der Waals surface area contributed by atoms with Crippen molar-refractivity contribution in [2.24, 2.45) is 0 Å². The van der Waals surface area contributed by atoms with Gasteiger partial charge in [0.15, 0.2) is 0 Å². The van der Waals surface area contributed by atoms with Crippen LogP contribution in [0.5, 0.6) is 11.5 Å². The Balaban J connectivity index is 1.65. The van der Waals surface area contributed by atoms with E-state index in [0.29, 0.717) is 6.07 Å². The molecule has 0 radical (unpaired) electrons. The Morgan fingerprint density at radius 1 is 0.822 bits per heavy atom. The number of ether oxygens (including phenoxy) is 5. The van der Waals surface area contributed by atoms with Gasteiger partial charge in [0, 0.05) is 22.6 Å². The molecule has 0 unspecified atom stereocenters. The lowest BCUT2D eigenvalue weighted by atomic mass is 9.99. The molecule has 0 bridgehead atoms. The van der Waals surface area contributed by atoms with Gasteiger partial charge in [-0.2, -0.15) is 30.7 Å². The summed E-state index contributed by atoms with van der Waals surface area (Å²) in [6, 6.07) is 7.44. The van der Waals surface area contributed by atoms with Crippen molar-refractivity contribution >= 4 is 16.9 Å². The van der Waals surface area contributed by atoms with Crippen LogP contribution in [0.2, 0.25) is 0 Å². The quantitative estimate of drug-likeness (QED) is 0.0577. The van der Waals surface area contributed by atoms with E-state index in [1.54, 1.807) is 0 Å². The summed E-state index contributed by atoms with van der Waals surface area (Å²) in [5.41, 5.74) is -3.66. The average Bonchev–Trinajstić information content (AvgIpc) is 2.90. The van der Waals surface area contributed by atoms with Crippen LogP contribution in [0.1, 0.15) is 25.3 Å². The summed E-state index contributed by atoms with van der Waals surface area (Å²) in [6.45, 7) is 2.26. The van der Waals surface area contributed by atoms with Crippen LogP contribution in [-0.2, 0) is 25.2 Å². The van der Waals surface area contributed by atoms with E-state index in [2.05, 4.69) is 20.8 Å². The Kier molecular flexibility index (Phi) is 10.5. The molecule has 0 fully saturated rings. The molecule has 0 atom stereocenters. The molecule has 17 heteroatoms. The van der Waals surface area contributed by atoms with E-state index in [4.69, 9.17) is 13.9 Å². The molecule has 8 nitrogen and oxygen atoms in total. The fraction of sp³-hybridized carbons (Fsp3) is 0.357. The lowest BCUT2D eigenvalue weighted by Gasteiger charge is -2.26. The van der Waals surface area contributed by atoms with Crippen molar-refractivity contribution in [2.75, 3.05) is 20.3 Å². The number of methoxy groups -OCH3 is 1. The molecule has 0 spiro atoms. The van der Waals surface area contributed by atoms with Gasteiger partial charge in [0.1, 0.15) is 17.1 Å². The molecule has 0 aliphatic heterocycles. The SMILES string of the molecule is C=C(C)C(=O)OCCC(F)(F)OC(F)(F)OC(F)(F)CCOc1ccc2cc(-c3ccc(OC)cc3C(F)(F)F)c(=O)oc2c1. The van der Waals surface area contributed by atoms with Crippen LogP contribution < -0.4 is 15.1 Å². The van der Waals surface area contributed by atoms with Crippen LogP contribution >= 0.6 is 0 Å². The zero-order valence-corrected chi connectivity index (χ0v) is 23.2. The third kappa shape index (κ3) is 9.87. The highest BCUT2D eigenvalue weighted by molar-refractivity contribution is 5.87. The van der Waals surface area contributed by atoms with Gasteiger partial charge in [-0.1, -0.05) is 6.58 Å². The van der Waals surface area contributed by atoms with E-state index in [1.807, 2.05) is 0 Å². The Labute approximate surface area is 247 Å². The van der Waals surface area contributed by atoms with Gasteiger partial charge in [0.05, 0.1) is 44.3 Å². The first-order valence-electron chi connectivity index (χ1n) is 12.5. The number of carbonyl (C=O) groups excluding carboxylic acids is 1. The minimum absolute atomic E-state index is 0.109. The van der Waals surface area contributed by atoms with Crippen molar-refractivity contribution in [1.82, 2.24) is 0 Å². The molecule has 1 aromatic heterocycles. The highest BCUT2D eigenvalue weighted by Gasteiger charge is 2.52. The molecule has 0 saturated heterocycles. The molecule has 3 aromatic rings. The van der Waals surface area contributed by atoms with Crippen LogP contribution in [0.15, 0.2) is 63.8 Å². The maximum Gasteiger partial charge on any atom is 0.494 e. The van der Waals surface area contributed by atoms with E-state index in [0.717, 1.165) is 31.4 Å². The molecule has 0 aliphatic rings. The summed E-state index contributed by atoms with van der Waals surface area (Å²) in [6.07, 6.45) is -23.0. The number of halogens is 9. The van der Waals surface area contributed by atoms with E-state index in [1.165, 1.54) is 19.1 Å². The van der Waals surface area contributed by atoms with Gasteiger partial charge < -0.3 is 18.6 Å². The summed E-state index contributed by atoms with van der Waals surface area (Å²) in [5, 5.41) is 0.113. The molecule has 0 amide bonds. The van der Waals surface area contributed by atoms with Crippen molar-refractivity contribution in [3.05, 3.63) is 70.6 Å². The molecular weight excluding hydrogens is 635 g/mol. The number of benzene rings is 2. The predicted molar refractivity (Wildman–Crippen MR) is 137 cm³/mol. The fourth-order valence-electron chi connectivity index (χ4n) is 3.63. The van der Waals surface area contributed by atoms with Crippen LogP contribution in [0.4, 0.5) is 39.5 Å². The Hall–Kier alpha value is -4.25. The van der Waals surface area contributed by atoms with Crippen LogP contribution in [0.25, 0.3) is 22.1 Å². The smallest absolute Gasteiger partial charge is 0.494 e. The standard InChI is InChI=1S/C28H23F9O8/c1-15(2)23(38)42-11-9-26(31,32)45-28(36,37)44-25(29,30)8-10-41-18-5-4-16-12-20(24(39)43-22(16)14-18)19-7-6-17(40-3)13-21(19)27(33,34)35/h4-7,12-14H,1,8-11H2,2-3H3. The highest BCUT2D eigenvalue weighted by Crippen LogP contribution is 2.39. The normalized spacial score (nSPS) is 12.7. The summed E-state index contributed by atoms with van der Waals surface area (Å²) in [5.74, 6) is -1.43. The minimum Gasteiger partial charge on any atom is -0.497 e. The van der Waals surface area contributed by atoms with Gasteiger partial charge in [0.25, 0.3) is 0 Å². The maximum atomic E-state index is 14.0. The van der Waals surface area contributed by atoms with E-state index in [-0.39, 0.29) is 28.0 Å². The lowest BCUT2D eigenvalue weighted by molar-refractivity contribution is -0.514. The van der Waals surface area contributed by atoms with Gasteiger partial charge in [-0.05, 0) is 43.3 Å². The number of hydrogen-bond acceptors (Lipinski definition) is 8. The second-order valence-corrected chi connectivity index (χ2v) is 9.26. The van der Waals surface area contributed by atoms with E-state index in [9.17, 15) is 49.1 Å². The topological polar surface area (TPSA) is 93.4 Å². The summed E-state index contributed by atoms with van der Waals surface area (Å²) < 4.78 is 149. The number of rotatable bonds is 14. The lowest BCUT2D eigenvalue weighted by Crippen LogP contribution is -2.41. The number of hydrogen-bond donors (Lipinski definition) is 0. The monoisotopic (exact) mass is 658 g/mol. The largest absolute Gasteiger partial charge is 0.497 e. The Morgan fingerprint density at radius 3 is 2.00 bits per heavy atom. The van der Waals surface area contributed by atoms with Crippen LogP contribution in [0.3, 0.4) is 0 Å². The molecule has 3 rings (SSSR count). The number of esters is 1. The van der Waals surface area contributed by atoms with Gasteiger partial charge in [-0.15, -0.1) is 8.78 Å². The first-order valence-corrected chi connectivity index (χ1v) is 12.5. The predicted octanol–water partition coefficient (Wildman–Crippen LogP) is 7.53. The van der Waals surface area contributed by atoms with Crippen LogP contribution in [0, 0.1) is 0 Å². The average molecular weight is 658 g/mol. The molecule has 2 aromatic carbocycles. The van der Waals surface area contributed by atoms with E-state index < -0.39 is 79.0 Å².